The number of H-pyrrole nitrogens is 1. The van der Waals surface area contributed by atoms with Gasteiger partial charge in [-0.05, 0) is 19.8 Å². The maximum absolute atomic E-state index is 12.2. The van der Waals surface area contributed by atoms with Crippen LogP contribution in [0.5, 0.6) is 0 Å². The Morgan fingerprint density at radius 2 is 1.96 bits per heavy atom. The average molecular weight is 329 g/mol. The Morgan fingerprint density at radius 1 is 1.17 bits per heavy atom. The fraction of sp³-hybridized carbons (Fsp3) is 0.353. The van der Waals surface area contributed by atoms with Crippen molar-refractivity contribution < 1.29 is 4.79 Å². The van der Waals surface area contributed by atoms with Crippen LogP contribution in [0.2, 0.25) is 0 Å². The van der Waals surface area contributed by atoms with Crippen LogP contribution < -0.4 is 10.9 Å². The summed E-state index contributed by atoms with van der Waals surface area (Å²) in [6, 6.07) is 9.63. The molecule has 2 aromatic rings. The molecule has 120 valence electrons. The number of nitrogens with one attached hydrogen (secondary N) is 2. The number of carbonyl (C=O) groups is 1. The quantitative estimate of drug-likeness (QED) is 0.849. The van der Waals surface area contributed by atoms with Gasteiger partial charge in [0.25, 0.3) is 5.56 Å². The predicted molar refractivity (Wildman–Crippen MR) is 91.5 cm³/mol. The van der Waals surface area contributed by atoms with Crippen molar-refractivity contribution in [2.45, 2.75) is 36.6 Å². The SMILES string of the molecule is Cc1c(-c2ccccc2)nc(S[C@H]2CCCCNC2=O)[nH]c1=O. The summed E-state index contributed by atoms with van der Waals surface area (Å²) >= 11 is 1.34. The van der Waals surface area contributed by atoms with Gasteiger partial charge in [0.1, 0.15) is 0 Å². The minimum Gasteiger partial charge on any atom is -0.355 e. The number of hydrogen-bond acceptors (Lipinski definition) is 4. The molecule has 1 aliphatic heterocycles. The van der Waals surface area contributed by atoms with Crippen molar-refractivity contribution in [1.29, 1.82) is 0 Å². The van der Waals surface area contributed by atoms with E-state index in [9.17, 15) is 9.59 Å². The fourth-order valence-electron chi connectivity index (χ4n) is 2.60. The molecule has 0 unspecified atom stereocenters. The van der Waals surface area contributed by atoms with Crippen molar-refractivity contribution in [3.05, 3.63) is 46.2 Å². The second-order valence-electron chi connectivity index (χ2n) is 5.60. The van der Waals surface area contributed by atoms with Crippen LogP contribution in [0.15, 0.2) is 40.3 Å². The van der Waals surface area contributed by atoms with Gasteiger partial charge in [-0.2, -0.15) is 0 Å². The molecule has 0 spiro atoms. The molecule has 2 heterocycles. The van der Waals surface area contributed by atoms with Crippen LogP contribution in [0.25, 0.3) is 11.3 Å². The molecule has 0 saturated carbocycles. The molecule has 6 heteroatoms. The highest BCUT2D eigenvalue weighted by Gasteiger charge is 2.23. The second kappa shape index (κ2) is 7.00. The number of amides is 1. The Balaban J connectivity index is 1.93. The Labute approximate surface area is 138 Å². The summed E-state index contributed by atoms with van der Waals surface area (Å²) in [6.45, 7) is 2.49. The second-order valence-corrected chi connectivity index (χ2v) is 6.80. The van der Waals surface area contributed by atoms with Crippen LogP contribution in [0.1, 0.15) is 24.8 Å². The molecule has 1 fully saturated rings. The zero-order valence-electron chi connectivity index (χ0n) is 13.0. The fourth-order valence-corrected chi connectivity index (χ4v) is 3.64. The van der Waals surface area contributed by atoms with E-state index in [2.05, 4.69) is 15.3 Å². The first-order valence-corrected chi connectivity index (χ1v) is 8.64. The first-order chi connectivity index (χ1) is 11.1. The van der Waals surface area contributed by atoms with Gasteiger partial charge in [0.2, 0.25) is 5.91 Å². The van der Waals surface area contributed by atoms with E-state index in [1.54, 1.807) is 6.92 Å². The molecule has 3 rings (SSSR count). The lowest BCUT2D eigenvalue weighted by molar-refractivity contribution is -0.120. The largest absolute Gasteiger partial charge is 0.355 e. The van der Waals surface area contributed by atoms with Gasteiger partial charge in [-0.1, -0.05) is 48.5 Å². The van der Waals surface area contributed by atoms with E-state index in [0.29, 0.717) is 16.4 Å². The molecule has 23 heavy (non-hydrogen) atoms. The van der Waals surface area contributed by atoms with E-state index in [0.717, 1.165) is 31.4 Å². The summed E-state index contributed by atoms with van der Waals surface area (Å²) in [5.74, 6) is 0.0250. The normalized spacial score (nSPS) is 18.3. The Kier molecular flexibility index (Phi) is 4.81. The minimum absolute atomic E-state index is 0.0250. The number of carbonyl (C=O) groups excluding carboxylic acids is 1. The first-order valence-electron chi connectivity index (χ1n) is 7.76. The predicted octanol–water partition coefficient (Wildman–Crippen LogP) is 2.51. The van der Waals surface area contributed by atoms with Crippen molar-refractivity contribution in [1.82, 2.24) is 15.3 Å². The van der Waals surface area contributed by atoms with Gasteiger partial charge in [0, 0.05) is 17.7 Å². The number of benzene rings is 1. The Bertz CT molecular complexity index is 758. The molecule has 2 N–H and O–H groups in total. The number of aromatic amines is 1. The van der Waals surface area contributed by atoms with Crippen LogP contribution >= 0.6 is 11.8 Å². The highest BCUT2D eigenvalue weighted by Crippen LogP contribution is 2.27. The lowest BCUT2D eigenvalue weighted by Gasteiger charge is -2.13. The van der Waals surface area contributed by atoms with Crippen molar-refractivity contribution in [3.8, 4) is 11.3 Å². The molecule has 0 bridgehead atoms. The summed E-state index contributed by atoms with van der Waals surface area (Å²) in [6.07, 6.45) is 2.79. The maximum atomic E-state index is 12.2. The molecule has 1 amide bonds. The van der Waals surface area contributed by atoms with E-state index < -0.39 is 0 Å². The molecular weight excluding hydrogens is 310 g/mol. The topological polar surface area (TPSA) is 74.8 Å². The third-order valence-corrected chi connectivity index (χ3v) is 5.07. The van der Waals surface area contributed by atoms with E-state index in [4.69, 9.17) is 0 Å². The smallest absolute Gasteiger partial charge is 0.255 e. The third-order valence-electron chi connectivity index (χ3n) is 3.92. The first kappa shape index (κ1) is 15.8. The van der Waals surface area contributed by atoms with Crippen LogP contribution in [0, 0.1) is 6.92 Å². The Hall–Kier alpha value is -2.08. The summed E-state index contributed by atoms with van der Waals surface area (Å²) in [7, 11) is 0. The highest BCUT2D eigenvalue weighted by atomic mass is 32.2. The Morgan fingerprint density at radius 3 is 2.74 bits per heavy atom. The monoisotopic (exact) mass is 329 g/mol. The van der Waals surface area contributed by atoms with Crippen LogP contribution in [0.4, 0.5) is 0 Å². The standard InChI is InChI=1S/C17H19N3O2S/c1-11-14(12-7-3-2-4-8-12)19-17(20-15(11)21)23-13-9-5-6-10-18-16(13)22/h2-4,7-8,13H,5-6,9-10H2,1H3,(H,18,22)(H,19,20,21)/t13-/m0/s1. The summed E-state index contributed by atoms with van der Waals surface area (Å²) in [4.78, 5) is 31.7. The van der Waals surface area contributed by atoms with Gasteiger partial charge in [-0.25, -0.2) is 4.98 Å². The molecule has 1 atom stereocenters. The molecule has 5 nitrogen and oxygen atoms in total. The zero-order valence-corrected chi connectivity index (χ0v) is 13.8. The summed E-state index contributed by atoms with van der Waals surface area (Å²) < 4.78 is 0. The average Bonchev–Trinajstić information content (AvgIpc) is 2.76. The van der Waals surface area contributed by atoms with Crippen molar-refractivity contribution in [2.24, 2.45) is 0 Å². The number of aromatic nitrogens is 2. The molecular formula is C17H19N3O2S. The van der Waals surface area contributed by atoms with Gasteiger partial charge in [-0.15, -0.1) is 0 Å². The number of rotatable bonds is 3. The lowest BCUT2D eigenvalue weighted by Crippen LogP contribution is -2.31. The number of nitrogens with zero attached hydrogens (tertiary/aromatic N) is 1. The maximum Gasteiger partial charge on any atom is 0.255 e. The summed E-state index contributed by atoms with van der Waals surface area (Å²) in [5.41, 5.74) is 2.01. The van der Waals surface area contributed by atoms with Crippen molar-refractivity contribution in [2.75, 3.05) is 6.54 Å². The van der Waals surface area contributed by atoms with Gasteiger partial charge in [0.05, 0.1) is 10.9 Å². The van der Waals surface area contributed by atoms with E-state index in [-0.39, 0.29) is 16.7 Å². The van der Waals surface area contributed by atoms with Gasteiger partial charge >= 0.3 is 0 Å². The van der Waals surface area contributed by atoms with Crippen LogP contribution in [0.3, 0.4) is 0 Å². The minimum atomic E-state index is -0.202. The van der Waals surface area contributed by atoms with E-state index >= 15 is 0 Å². The third kappa shape index (κ3) is 3.64. The van der Waals surface area contributed by atoms with Gasteiger partial charge < -0.3 is 10.3 Å². The zero-order chi connectivity index (χ0) is 16.2. The molecule has 0 radical (unpaired) electrons. The van der Waals surface area contributed by atoms with Gasteiger partial charge in [0.15, 0.2) is 5.16 Å². The van der Waals surface area contributed by atoms with Gasteiger partial charge in [-0.3, -0.25) is 9.59 Å². The van der Waals surface area contributed by atoms with Crippen LogP contribution in [-0.4, -0.2) is 27.7 Å². The van der Waals surface area contributed by atoms with Crippen molar-refractivity contribution in [3.63, 3.8) is 0 Å². The number of hydrogen-bond donors (Lipinski definition) is 2. The molecule has 1 aliphatic rings. The molecule has 1 saturated heterocycles. The molecule has 0 aliphatic carbocycles. The van der Waals surface area contributed by atoms with E-state index in [1.165, 1.54) is 11.8 Å². The number of thioether (sulfide) groups is 1. The molecule has 1 aromatic carbocycles. The lowest BCUT2D eigenvalue weighted by atomic mass is 10.1. The van der Waals surface area contributed by atoms with Crippen LogP contribution in [-0.2, 0) is 4.79 Å². The van der Waals surface area contributed by atoms with Crippen molar-refractivity contribution >= 4 is 17.7 Å². The summed E-state index contributed by atoms with van der Waals surface area (Å²) in [5, 5.41) is 3.21. The molecule has 1 aromatic heterocycles. The highest BCUT2D eigenvalue weighted by molar-refractivity contribution is 8.00. The van der Waals surface area contributed by atoms with E-state index in [1.807, 2.05) is 30.3 Å².